The average Bonchev–Trinajstić information content (AvgIpc) is 2.04. The first kappa shape index (κ1) is 8.20. The molecule has 1 aliphatic rings. The molecule has 62 valence electrons. The molecule has 0 aliphatic carbocycles. The minimum atomic E-state index is -0.589. The van der Waals surface area contributed by atoms with Crippen molar-refractivity contribution in [3.05, 3.63) is 0 Å². The van der Waals surface area contributed by atoms with Crippen LogP contribution in [-0.2, 0) is 19.1 Å². The van der Waals surface area contributed by atoms with Crippen LogP contribution in [0.5, 0.6) is 0 Å². The van der Waals surface area contributed by atoms with E-state index in [0.29, 0.717) is 13.0 Å². The van der Waals surface area contributed by atoms with E-state index in [1.54, 1.807) is 0 Å². The first-order valence-corrected chi connectivity index (χ1v) is 3.44. The fourth-order valence-electron chi connectivity index (χ4n) is 1.03. The second-order valence-corrected chi connectivity index (χ2v) is 2.38. The van der Waals surface area contributed by atoms with E-state index in [1.165, 1.54) is 7.11 Å². The number of ether oxygens (including phenoxy) is 2. The van der Waals surface area contributed by atoms with Crippen LogP contribution in [-0.4, -0.2) is 32.1 Å². The number of carbonyl (C=O) groups is 2. The molecule has 1 heterocycles. The van der Waals surface area contributed by atoms with E-state index in [2.05, 4.69) is 4.74 Å². The molecule has 0 aromatic carbocycles. The Morgan fingerprint density at radius 3 is 3.00 bits per heavy atom. The molecule has 0 N–H and O–H groups in total. The lowest BCUT2D eigenvalue weighted by molar-refractivity contribution is -0.154. The van der Waals surface area contributed by atoms with Crippen molar-refractivity contribution in [1.82, 2.24) is 0 Å². The number of hydrogen-bond acceptors (Lipinski definition) is 4. The van der Waals surface area contributed by atoms with Crippen molar-refractivity contribution < 1.29 is 19.1 Å². The Labute approximate surface area is 64.5 Å². The normalized spacial score (nSPS) is 24.8. The second kappa shape index (κ2) is 3.48. The Bertz CT molecular complexity index is 167. The monoisotopic (exact) mass is 158 g/mol. The minimum Gasteiger partial charge on any atom is -0.468 e. The van der Waals surface area contributed by atoms with E-state index in [9.17, 15) is 9.59 Å². The maximum absolute atomic E-state index is 11.0. The molecular weight excluding hydrogens is 148 g/mol. The highest BCUT2D eigenvalue weighted by atomic mass is 16.5. The van der Waals surface area contributed by atoms with Gasteiger partial charge in [-0.15, -0.1) is 0 Å². The van der Waals surface area contributed by atoms with Crippen molar-refractivity contribution in [1.29, 1.82) is 0 Å². The molecule has 1 fully saturated rings. The average molecular weight is 158 g/mol. The molecule has 0 radical (unpaired) electrons. The summed E-state index contributed by atoms with van der Waals surface area (Å²) < 4.78 is 9.29. The van der Waals surface area contributed by atoms with Gasteiger partial charge in [0, 0.05) is 6.61 Å². The summed E-state index contributed by atoms with van der Waals surface area (Å²) in [6.07, 6.45) is 0.450. The maximum Gasteiger partial charge on any atom is 0.316 e. The Morgan fingerprint density at radius 2 is 2.45 bits per heavy atom. The van der Waals surface area contributed by atoms with E-state index in [-0.39, 0.29) is 12.4 Å². The largest absolute Gasteiger partial charge is 0.468 e. The SMILES string of the molecule is COC(=O)[C@@H]1CCOCC1=O. The maximum atomic E-state index is 11.0. The number of ketones is 1. The zero-order valence-electron chi connectivity index (χ0n) is 6.33. The molecule has 0 saturated carbocycles. The molecule has 0 aromatic heterocycles. The van der Waals surface area contributed by atoms with E-state index in [0.717, 1.165) is 0 Å². The zero-order valence-corrected chi connectivity index (χ0v) is 6.33. The van der Waals surface area contributed by atoms with Gasteiger partial charge in [-0.1, -0.05) is 0 Å². The molecule has 4 nitrogen and oxygen atoms in total. The van der Waals surface area contributed by atoms with Gasteiger partial charge in [-0.05, 0) is 6.42 Å². The Kier molecular flexibility index (Phi) is 2.59. The van der Waals surface area contributed by atoms with E-state index in [4.69, 9.17) is 4.74 Å². The van der Waals surface area contributed by atoms with Gasteiger partial charge < -0.3 is 9.47 Å². The fraction of sp³-hybridized carbons (Fsp3) is 0.714. The number of Topliss-reactive ketones (excluding diaryl/α,β-unsaturated/α-hetero) is 1. The lowest BCUT2D eigenvalue weighted by Crippen LogP contribution is -2.33. The smallest absolute Gasteiger partial charge is 0.316 e. The molecule has 11 heavy (non-hydrogen) atoms. The first-order chi connectivity index (χ1) is 5.25. The van der Waals surface area contributed by atoms with Gasteiger partial charge in [0.25, 0.3) is 0 Å². The van der Waals surface area contributed by atoms with Crippen molar-refractivity contribution >= 4 is 11.8 Å². The Morgan fingerprint density at radius 1 is 1.73 bits per heavy atom. The molecule has 1 atom stereocenters. The zero-order chi connectivity index (χ0) is 8.27. The minimum absolute atomic E-state index is 0.0414. The summed E-state index contributed by atoms with van der Waals surface area (Å²) in [4.78, 5) is 21.8. The van der Waals surface area contributed by atoms with Crippen molar-refractivity contribution in [2.75, 3.05) is 20.3 Å². The summed E-state index contributed by atoms with van der Waals surface area (Å²) in [6, 6.07) is 0. The van der Waals surface area contributed by atoms with Crippen molar-refractivity contribution in [2.24, 2.45) is 5.92 Å². The van der Waals surface area contributed by atoms with E-state index < -0.39 is 11.9 Å². The van der Waals surface area contributed by atoms with E-state index >= 15 is 0 Å². The third-order valence-electron chi connectivity index (χ3n) is 1.67. The van der Waals surface area contributed by atoms with Gasteiger partial charge in [-0.3, -0.25) is 9.59 Å². The van der Waals surface area contributed by atoms with Crippen molar-refractivity contribution in [3.63, 3.8) is 0 Å². The summed E-state index contributed by atoms with van der Waals surface area (Å²) in [5.41, 5.74) is 0. The van der Waals surface area contributed by atoms with Crippen molar-refractivity contribution in [2.45, 2.75) is 6.42 Å². The number of rotatable bonds is 1. The van der Waals surface area contributed by atoms with Crippen LogP contribution in [0.3, 0.4) is 0 Å². The van der Waals surface area contributed by atoms with Gasteiger partial charge in [0.1, 0.15) is 12.5 Å². The lowest BCUT2D eigenvalue weighted by atomic mass is 9.99. The van der Waals surface area contributed by atoms with Crippen LogP contribution in [0.2, 0.25) is 0 Å². The number of hydrogen-bond donors (Lipinski definition) is 0. The number of methoxy groups -OCH3 is 1. The molecule has 0 aromatic rings. The Balaban J connectivity index is 2.54. The van der Waals surface area contributed by atoms with Gasteiger partial charge >= 0.3 is 5.97 Å². The quantitative estimate of drug-likeness (QED) is 0.390. The topological polar surface area (TPSA) is 52.6 Å². The van der Waals surface area contributed by atoms with Gasteiger partial charge in [0.2, 0.25) is 0 Å². The van der Waals surface area contributed by atoms with Gasteiger partial charge in [0.15, 0.2) is 5.78 Å². The highest BCUT2D eigenvalue weighted by Gasteiger charge is 2.29. The van der Waals surface area contributed by atoms with Crippen LogP contribution in [0.1, 0.15) is 6.42 Å². The second-order valence-electron chi connectivity index (χ2n) is 2.38. The third-order valence-corrected chi connectivity index (χ3v) is 1.67. The molecule has 0 spiro atoms. The predicted molar refractivity (Wildman–Crippen MR) is 35.9 cm³/mol. The molecule has 0 bridgehead atoms. The van der Waals surface area contributed by atoms with Crippen LogP contribution >= 0.6 is 0 Å². The third kappa shape index (κ3) is 1.77. The van der Waals surface area contributed by atoms with Gasteiger partial charge in [0.05, 0.1) is 7.11 Å². The summed E-state index contributed by atoms with van der Waals surface area (Å²) >= 11 is 0. The molecule has 0 amide bonds. The lowest BCUT2D eigenvalue weighted by Gasteiger charge is -2.17. The first-order valence-electron chi connectivity index (χ1n) is 3.44. The summed E-state index contributed by atoms with van der Waals surface area (Å²) in [7, 11) is 1.28. The van der Waals surface area contributed by atoms with Crippen LogP contribution in [0.4, 0.5) is 0 Å². The van der Waals surface area contributed by atoms with Crippen LogP contribution in [0.25, 0.3) is 0 Å². The molecular formula is C7H10O4. The van der Waals surface area contributed by atoms with Crippen LogP contribution in [0, 0.1) is 5.92 Å². The van der Waals surface area contributed by atoms with Crippen LogP contribution in [0.15, 0.2) is 0 Å². The molecule has 1 rings (SSSR count). The van der Waals surface area contributed by atoms with Crippen molar-refractivity contribution in [3.8, 4) is 0 Å². The Hall–Kier alpha value is -0.900. The fourth-order valence-corrected chi connectivity index (χ4v) is 1.03. The number of carbonyl (C=O) groups excluding carboxylic acids is 2. The summed E-state index contributed by atoms with van der Waals surface area (Å²) in [5, 5.41) is 0. The number of esters is 1. The van der Waals surface area contributed by atoms with E-state index in [1.807, 2.05) is 0 Å². The van der Waals surface area contributed by atoms with Gasteiger partial charge in [-0.25, -0.2) is 0 Å². The summed E-state index contributed by atoms with van der Waals surface area (Å²) in [6.45, 7) is 0.505. The predicted octanol–water partition coefficient (Wildman–Crippen LogP) is -0.235. The molecule has 1 aliphatic heterocycles. The highest BCUT2D eigenvalue weighted by molar-refractivity contribution is 5.99. The molecule has 1 saturated heterocycles. The molecule has 0 unspecified atom stereocenters. The van der Waals surface area contributed by atoms with Crippen LogP contribution < -0.4 is 0 Å². The summed E-state index contributed by atoms with van der Waals surface area (Å²) in [5.74, 6) is -1.21. The standard InChI is InChI=1S/C7H10O4/c1-10-7(9)5-2-3-11-4-6(5)8/h5H,2-4H2,1H3/t5-/m1/s1. The van der Waals surface area contributed by atoms with Gasteiger partial charge in [-0.2, -0.15) is 0 Å². The highest BCUT2D eigenvalue weighted by Crippen LogP contribution is 2.12. The molecule has 4 heteroatoms.